The lowest BCUT2D eigenvalue weighted by Gasteiger charge is -2.32. The fourth-order valence-electron chi connectivity index (χ4n) is 4.64. The molecule has 0 unspecified atom stereocenters. The van der Waals surface area contributed by atoms with Crippen LogP contribution < -0.4 is 0 Å². The monoisotopic (exact) mass is 411 g/mol. The van der Waals surface area contributed by atoms with Crippen LogP contribution in [0.4, 0.5) is 4.39 Å². The van der Waals surface area contributed by atoms with Crippen molar-refractivity contribution < 1.29 is 4.39 Å². The minimum atomic E-state index is -0.189. The summed E-state index contributed by atoms with van der Waals surface area (Å²) in [6.07, 6.45) is 6.93. The predicted molar refractivity (Wildman–Crippen MR) is 122 cm³/mol. The topological polar surface area (TPSA) is 29.0 Å². The molecule has 4 heteroatoms. The summed E-state index contributed by atoms with van der Waals surface area (Å²) in [6.45, 7) is 3.08. The Balaban J connectivity index is 1.27. The Bertz CT molecular complexity index is 1170. The highest BCUT2D eigenvalue weighted by molar-refractivity contribution is 5.81. The van der Waals surface area contributed by atoms with Crippen LogP contribution in [0, 0.1) is 5.82 Å². The fourth-order valence-corrected chi connectivity index (χ4v) is 4.64. The van der Waals surface area contributed by atoms with Crippen LogP contribution in [-0.2, 0) is 13.0 Å². The number of para-hydroxylation sites is 1. The molecule has 0 N–H and O–H groups in total. The third-order valence-corrected chi connectivity index (χ3v) is 6.20. The van der Waals surface area contributed by atoms with Crippen LogP contribution in [0.25, 0.3) is 10.9 Å². The van der Waals surface area contributed by atoms with Gasteiger partial charge in [-0.1, -0.05) is 36.4 Å². The Morgan fingerprint density at radius 1 is 0.935 bits per heavy atom. The molecule has 2 aromatic carbocycles. The van der Waals surface area contributed by atoms with E-state index in [1.165, 1.54) is 29.9 Å². The fraction of sp³-hybridized carbons (Fsp3) is 0.259. The first kappa shape index (κ1) is 19.8. The summed E-state index contributed by atoms with van der Waals surface area (Å²) in [5.41, 5.74) is 5.65. The third kappa shape index (κ3) is 4.64. The minimum absolute atomic E-state index is 0.189. The molecule has 1 fully saturated rings. The number of fused-ring (bicyclic) bond motifs is 1. The first-order valence-corrected chi connectivity index (χ1v) is 11.0. The number of benzene rings is 2. The zero-order chi connectivity index (χ0) is 21.0. The molecule has 4 aromatic rings. The molecule has 0 amide bonds. The van der Waals surface area contributed by atoms with Crippen molar-refractivity contribution in [3.8, 4) is 0 Å². The number of pyridine rings is 2. The first-order valence-electron chi connectivity index (χ1n) is 11.0. The van der Waals surface area contributed by atoms with Gasteiger partial charge in [0.05, 0.1) is 5.52 Å². The smallest absolute Gasteiger partial charge is 0.123 e. The van der Waals surface area contributed by atoms with E-state index >= 15 is 0 Å². The van der Waals surface area contributed by atoms with Crippen molar-refractivity contribution >= 4 is 10.9 Å². The lowest BCUT2D eigenvalue weighted by atomic mass is 9.93. The van der Waals surface area contributed by atoms with Gasteiger partial charge in [0.15, 0.2) is 0 Å². The highest BCUT2D eigenvalue weighted by atomic mass is 19.1. The van der Waals surface area contributed by atoms with Gasteiger partial charge in [0.2, 0.25) is 0 Å². The molecule has 2 aromatic heterocycles. The van der Waals surface area contributed by atoms with Crippen LogP contribution in [-0.4, -0.2) is 28.0 Å². The molecule has 3 heterocycles. The molecular formula is C27H26FN3. The van der Waals surface area contributed by atoms with E-state index in [2.05, 4.69) is 46.3 Å². The molecule has 0 saturated carbocycles. The molecular weight excluding hydrogens is 385 g/mol. The van der Waals surface area contributed by atoms with Crippen LogP contribution in [0.2, 0.25) is 0 Å². The van der Waals surface area contributed by atoms with E-state index in [4.69, 9.17) is 4.98 Å². The minimum Gasteiger partial charge on any atom is -0.298 e. The van der Waals surface area contributed by atoms with E-state index in [0.29, 0.717) is 12.3 Å². The third-order valence-electron chi connectivity index (χ3n) is 6.20. The zero-order valence-electron chi connectivity index (χ0n) is 17.5. The summed E-state index contributed by atoms with van der Waals surface area (Å²) in [4.78, 5) is 11.8. The molecule has 0 aliphatic carbocycles. The lowest BCUT2D eigenvalue weighted by molar-refractivity contribution is 0.199. The number of rotatable bonds is 5. The van der Waals surface area contributed by atoms with Gasteiger partial charge in [-0.05, 0) is 72.8 Å². The Morgan fingerprint density at radius 2 is 1.87 bits per heavy atom. The molecule has 1 atom stereocenters. The average molecular weight is 412 g/mol. The van der Waals surface area contributed by atoms with Crippen LogP contribution in [0.15, 0.2) is 79.1 Å². The maximum atomic E-state index is 13.4. The van der Waals surface area contributed by atoms with Crippen molar-refractivity contribution in [3.05, 3.63) is 107 Å². The van der Waals surface area contributed by atoms with Gasteiger partial charge in [0.25, 0.3) is 0 Å². The number of hydrogen-bond acceptors (Lipinski definition) is 3. The van der Waals surface area contributed by atoms with E-state index in [0.717, 1.165) is 42.0 Å². The maximum Gasteiger partial charge on any atom is 0.123 e. The Morgan fingerprint density at radius 3 is 2.74 bits per heavy atom. The number of hydrogen-bond donors (Lipinski definition) is 0. The lowest BCUT2D eigenvalue weighted by Crippen LogP contribution is -2.34. The number of piperidine rings is 1. The largest absolute Gasteiger partial charge is 0.298 e. The second kappa shape index (κ2) is 8.94. The Labute approximate surface area is 182 Å². The van der Waals surface area contributed by atoms with Gasteiger partial charge >= 0.3 is 0 Å². The number of aromatic nitrogens is 2. The molecule has 156 valence electrons. The van der Waals surface area contributed by atoms with Gasteiger partial charge in [-0.2, -0.15) is 0 Å². The highest BCUT2D eigenvalue weighted by Crippen LogP contribution is 2.28. The van der Waals surface area contributed by atoms with Gasteiger partial charge in [-0.3, -0.25) is 14.9 Å². The molecule has 0 spiro atoms. The van der Waals surface area contributed by atoms with E-state index in [1.807, 2.05) is 24.5 Å². The zero-order valence-corrected chi connectivity index (χ0v) is 17.5. The van der Waals surface area contributed by atoms with Crippen molar-refractivity contribution in [1.82, 2.24) is 14.9 Å². The van der Waals surface area contributed by atoms with Crippen molar-refractivity contribution in [2.24, 2.45) is 0 Å². The predicted octanol–water partition coefficient (Wildman–Crippen LogP) is 5.74. The van der Waals surface area contributed by atoms with Gasteiger partial charge in [-0.25, -0.2) is 4.39 Å². The summed E-state index contributed by atoms with van der Waals surface area (Å²) < 4.78 is 13.4. The summed E-state index contributed by atoms with van der Waals surface area (Å²) in [5.74, 6) is 0.261. The van der Waals surface area contributed by atoms with Crippen molar-refractivity contribution in [3.63, 3.8) is 0 Å². The van der Waals surface area contributed by atoms with Gasteiger partial charge in [0.1, 0.15) is 5.82 Å². The first-order chi connectivity index (χ1) is 15.2. The highest BCUT2D eigenvalue weighted by Gasteiger charge is 2.22. The number of nitrogens with zero attached hydrogens (tertiary/aromatic N) is 3. The van der Waals surface area contributed by atoms with Crippen LogP contribution in [0.5, 0.6) is 0 Å². The molecule has 0 bridgehead atoms. The summed E-state index contributed by atoms with van der Waals surface area (Å²) >= 11 is 0. The molecule has 1 aliphatic heterocycles. The molecule has 0 radical (unpaired) electrons. The summed E-state index contributed by atoms with van der Waals surface area (Å²) in [6, 6.07) is 21.6. The summed E-state index contributed by atoms with van der Waals surface area (Å²) in [7, 11) is 0. The quantitative estimate of drug-likeness (QED) is 0.419. The van der Waals surface area contributed by atoms with E-state index in [-0.39, 0.29) is 5.82 Å². The van der Waals surface area contributed by atoms with Crippen LogP contribution in [0.3, 0.4) is 0 Å². The van der Waals surface area contributed by atoms with Gasteiger partial charge < -0.3 is 0 Å². The maximum absolute atomic E-state index is 13.4. The Hall–Kier alpha value is -3.11. The van der Waals surface area contributed by atoms with E-state index in [9.17, 15) is 4.39 Å². The molecule has 1 aliphatic rings. The second-order valence-electron chi connectivity index (χ2n) is 8.46. The van der Waals surface area contributed by atoms with E-state index < -0.39 is 0 Å². The summed E-state index contributed by atoms with van der Waals surface area (Å²) in [5, 5.41) is 1.24. The van der Waals surface area contributed by atoms with Gasteiger partial charge in [0, 0.05) is 42.5 Å². The molecule has 1 saturated heterocycles. The van der Waals surface area contributed by atoms with Crippen molar-refractivity contribution in [2.75, 3.05) is 13.1 Å². The average Bonchev–Trinajstić information content (AvgIpc) is 2.80. The molecule has 3 nitrogen and oxygen atoms in total. The van der Waals surface area contributed by atoms with E-state index in [1.54, 1.807) is 12.1 Å². The van der Waals surface area contributed by atoms with Crippen molar-refractivity contribution in [2.45, 2.75) is 31.7 Å². The normalized spacial score (nSPS) is 17.1. The SMILES string of the molecule is Fc1cccc(Cc2ccc([C@@H]3CCCN(Cc4ccnc5ccccc45)C3)nc2)c1. The van der Waals surface area contributed by atoms with Crippen molar-refractivity contribution in [1.29, 1.82) is 0 Å². The number of likely N-dealkylation sites (tertiary alicyclic amines) is 1. The Kier molecular flexibility index (Phi) is 5.72. The van der Waals surface area contributed by atoms with Crippen LogP contribution >= 0.6 is 0 Å². The molecule has 5 rings (SSSR count). The number of halogens is 1. The molecule has 31 heavy (non-hydrogen) atoms. The second-order valence-corrected chi connectivity index (χ2v) is 8.46. The van der Waals surface area contributed by atoms with Gasteiger partial charge in [-0.15, -0.1) is 0 Å². The standard InChI is InChI=1S/C27H26FN3/c28-24-7-3-5-20(16-24)15-21-10-11-26(30-17-21)23-6-4-14-31(19-23)18-22-12-13-29-27-9-2-1-8-25(22)27/h1-3,5,7-13,16-17,23H,4,6,14-15,18-19H2/t23-/m1/s1. The van der Waals surface area contributed by atoms with Crippen LogP contribution in [0.1, 0.15) is 41.1 Å².